The van der Waals surface area contributed by atoms with Crippen LogP contribution < -0.4 is 0 Å². The van der Waals surface area contributed by atoms with E-state index in [-0.39, 0.29) is 0 Å². The van der Waals surface area contributed by atoms with E-state index in [0.717, 1.165) is 159 Å². The Kier molecular flexibility index (Phi) is 11.9. The summed E-state index contributed by atoms with van der Waals surface area (Å²) in [5, 5.41) is 24.3. The number of furan rings is 3. The number of rotatable bonds is 7. The van der Waals surface area contributed by atoms with Crippen LogP contribution in [0.15, 0.2) is 329 Å². The van der Waals surface area contributed by atoms with E-state index in [1.165, 1.54) is 48.5 Å². The highest BCUT2D eigenvalue weighted by molar-refractivity contribution is 6.31. The van der Waals surface area contributed by atoms with Gasteiger partial charge in [-0.15, -0.1) is 0 Å². The van der Waals surface area contributed by atoms with Crippen molar-refractivity contribution in [3.05, 3.63) is 315 Å². The Hall–Kier alpha value is -14.7. The Labute approximate surface area is 606 Å². The van der Waals surface area contributed by atoms with Gasteiger partial charge in [0.15, 0.2) is 23.3 Å². The van der Waals surface area contributed by atoms with Crippen molar-refractivity contribution in [3.8, 4) is 68.6 Å². The van der Waals surface area contributed by atoms with E-state index in [9.17, 15) is 0 Å². The van der Waals surface area contributed by atoms with Crippen molar-refractivity contribution < 1.29 is 13.3 Å². The molecule has 107 heavy (non-hydrogen) atoms. The van der Waals surface area contributed by atoms with Crippen molar-refractivity contribution in [2.75, 3.05) is 0 Å². The number of hydrogen-bond acceptors (Lipinski definition) is 9. The highest BCUT2D eigenvalue weighted by atomic mass is 16.3. The lowest BCUT2D eigenvalue weighted by Crippen LogP contribution is -2.06. The SMILES string of the molecule is c1ccc2c(c1)ccc1ccc3c(ccc4c3c3ccccc3n4-c3nc(-c4ccc(-c5ccc6c(c5)c5c7ccc8ccc9ccccc9c8c7ccc5n6-c5nc(-c6cccc7oc8ccccc8c67)nc(-c6cccc7oc8ccccc8c67)n5)cc4)nc(-c4cccc5oc6ccccc6c45)n3)c12. The minimum Gasteiger partial charge on any atom is -0.456 e. The fourth-order valence-electron chi connectivity index (χ4n) is 17.5. The van der Waals surface area contributed by atoms with E-state index in [1.54, 1.807) is 0 Å². The molecular formula is C96H52N8O3. The summed E-state index contributed by atoms with van der Waals surface area (Å²) < 4.78 is 24.0. The Balaban J connectivity index is 0.718. The molecule has 0 aliphatic heterocycles. The average molecular weight is 1370 g/mol. The third-order valence-corrected chi connectivity index (χ3v) is 22.2. The summed E-state index contributed by atoms with van der Waals surface area (Å²) in [7, 11) is 0. The molecule has 24 rings (SSSR count). The molecule has 7 aromatic heterocycles. The van der Waals surface area contributed by atoms with E-state index in [1.807, 2.05) is 91.0 Å². The van der Waals surface area contributed by atoms with Crippen LogP contribution in [0.4, 0.5) is 0 Å². The molecule has 0 unspecified atom stereocenters. The van der Waals surface area contributed by atoms with Gasteiger partial charge in [0.1, 0.15) is 33.5 Å². The fourth-order valence-corrected chi connectivity index (χ4v) is 17.5. The highest BCUT2D eigenvalue weighted by Crippen LogP contribution is 2.47. The zero-order chi connectivity index (χ0) is 69.7. The van der Waals surface area contributed by atoms with Crippen molar-refractivity contribution in [3.63, 3.8) is 0 Å². The first-order chi connectivity index (χ1) is 53.0. The standard InChI is InChI=1S/C96H52N8O3/c1-3-18-60-54(16-1)36-38-56-42-45-64-62(84(56)60)47-50-76-86(64)66-20-5-9-27-74(66)103(76)95-99-91(97-92(100-95)70-24-13-31-81-88(70)67-21-6-10-28-78(67)105-81)58-40-34-53(35-41-58)59-44-49-75-73(52-59)87-65-46-43-57-39-37-55-17-2-4-19-61(55)85(57)63(65)48-51-77(87)104(75)96-101-93(71-25-14-32-82-89(71)68-22-7-11-29-79(68)106-82)98-94(102-96)72-26-15-33-83-90(72)69-23-8-12-30-80(69)107-83/h1-52H. The largest absolute Gasteiger partial charge is 0.456 e. The van der Waals surface area contributed by atoms with Crippen molar-refractivity contribution in [2.45, 2.75) is 0 Å². The van der Waals surface area contributed by atoms with Gasteiger partial charge in [0.05, 0.1) is 22.1 Å². The average Bonchev–Trinajstić information content (AvgIpc) is 1.59. The number of aromatic nitrogens is 8. The second-order valence-electron chi connectivity index (χ2n) is 27.9. The van der Waals surface area contributed by atoms with Crippen LogP contribution >= 0.6 is 0 Å². The fraction of sp³-hybridized carbons (Fsp3) is 0. The molecule has 0 saturated carbocycles. The van der Waals surface area contributed by atoms with Gasteiger partial charge < -0.3 is 13.3 Å². The van der Waals surface area contributed by atoms with Crippen molar-refractivity contribution in [1.82, 2.24) is 39.0 Å². The maximum Gasteiger partial charge on any atom is 0.238 e. The Morgan fingerprint density at radius 1 is 0.187 bits per heavy atom. The molecule has 17 aromatic carbocycles. The van der Waals surface area contributed by atoms with Crippen molar-refractivity contribution in [1.29, 1.82) is 0 Å². The molecule has 11 nitrogen and oxygen atoms in total. The Bertz CT molecular complexity index is 7910. The summed E-state index contributed by atoms with van der Waals surface area (Å²) in [5.74, 6) is 3.04. The van der Waals surface area contributed by atoms with Crippen LogP contribution in [0.3, 0.4) is 0 Å². The van der Waals surface area contributed by atoms with Gasteiger partial charge in [-0.2, -0.15) is 19.9 Å². The molecule has 0 saturated heterocycles. The molecule has 0 radical (unpaired) electrons. The van der Waals surface area contributed by atoms with Gasteiger partial charge in [-0.3, -0.25) is 9.13 Å². The molecule has 0 bridgehead atoms. The Morgan fingerprint density at radius 2 is 0.533 bits per heavy atom. The van der Waals surface area contributed by atoms with E-state index >= 15 is 0 Å². The minimum atomic E-state index is 0.465. The smallest absolute Gasteiger partial charge is 0.238 e. The summed E-state index contributed by atoms with van der Waals surface area (Å²) in [6.45, 7) is 0. The highest BCUT2D eigenvalue weighted by Gasteiger charge is 2.27. The lowest BCUT2D eigenvalue weighted by molar-refractivity contribution is 0.668. The predicted molar refractivity (Wildman–Crippen MR) is 436 cm³/mol. The summed E-state index contributed by atoms with van der Waals surface area (Å²) in [6.07, 6.45) is 0. The maximum atomic E-state index is 6.53. The first-order valence-electron chi connectivity index (χ1n) is 36.0. The van der Waals surface area contributed by atoms with Gasteiger partial charge in [-0.05, 0) is 142 Å². The molecule has 7 heterocycles. The lowest BCUT2D eigenvalue weighted by Gasteiger charge is -2.13. The molecule has 0 aliphatic carbocycles. The van der Waals surface area contributed by atoms with E-state index in [4.69, 9.17) is 43.2 Å². The van der Waals surface area contributed by atoms with Crippen LogP contribution in [0.25, 0.3) is 243 Å². The normalized spacial score (nSPS) is 12.3. The quantitative estimate of drug-likeness (QED) is 0.143. The van der Waals surface area contributed by atoms with E-state index in [2.05, 4.69) is 234 Å². The minimum absolute atomic E-state index is 0.465. The molecule has 0 atom stereocenters. The maximum absolute atomic E-state index is 6.53. The summed E-state index contributed by atoms with van der Waals surface area (Å²) in [4.78, 5) is 33.3. The molecular weight excluding hydrogens is 1310 g/mol. The molecule has 0 spiro atoms. The Morgan fingerprint density at radius 3 is 1.04 bits per heavy atom. The molecule has 0 N–H and O–H groups in total. The summed E-state index contributed by atoms with van der Waals surface area (Å²) >= 11 is 0. The lowest BCUT2D eigenvalue weighted by atomic mass is 9.94. The van der Waals surface area contributed by atoms with Gasteiger partial charge >= 0.3 is 0 Å². The number of nitrogens with zero attached hydrogens (tertiary/aromatic N) is 8. The first kappa shape index (κ1) is 57.9. The van der Waals surface area contributed by atoms with Gasteiger partial charge in [0.25, 0.3) is 0 Å². The van der Waals surface area contributed by atoms with Gasteiger partial charge in [0.2, 0.25) is 11.9 Å². The van der Waals surface area contributed by atoms with Crippen LogP contribution in [0.2, 0.25) is 0 Å². The molecule has 0 fully saturated rings. The number of fused-ring (bicyclic) bond motifs is 27. The van der Waals surface area contributed by atoms with Crippen molar-refractivity contribution >= 4 is 174 Å². The molecule has 11 heteroatoms. The van der Waals surface area contributed by atoms with Crippen LogP contribution in [-0.4, -0.2) is 39.0 Å². The second kappa shape index (κ2) is 21.9. The van der Waals surface area contributed by atoms with E-state index in [0.29, 0.717) is 35.2 Å². The van der Waals surface area contributed by atoms with Crippen molar-refractivity contribution in [2.24, 2.45) is 0 Å². The van der Waals surface area contributed by atoms with Gasteiger partial charge in [0, 0.05) is 76.1 Å². The third kappa shape index (κ3) is 8.41. The van der Waals surface area contributed by atoms with Gasteiger partial charge in [-0.25, -0.2) is 9.97 Å². The monoisotopic (exact) mass is 1360 g/mol. The molecule has 24 aromatic rings. The zero-order valence-electron chi connectivity index (χ0n) is 56.8. The number of hydrogen-bond donors (Lipinski definition) is 0. The van der Waals surface area contributed by atoms with Crippen LogP contribution in [-0.2, 0) is 0 Å². The molecule has 494 valence electrons. The zero-order valence-corrected chi connectivity index (χ0v) is 56.8. The molecule has 0 amide bonds. The van der Waals surface area contributed by atoms with Crippen LogP contribution in [0.5, 0.6) is 0 Å². The summed E-state index contributed by atoms with van der Waals surface area (Å²) in [5.41, 5.74) is 13.8. The van der Waals surface area contributed by atoms with Crippen LogP contribution in [0, 0.1) is 0 Å². The van der Waals surface area contributed by atoms with E-state index < -0.39 is 0 Å². The molecule has 0 aliphatic rings. The van der Waals surface area contributed by atoms with Crippen LogP contribution in [0.1, 0.15) is 0 Å². The summed E-state index contributed by atoms with van der Waals surface area (Å²) in [6, 6.07) is 111. The number of benzene rings is 17. The first-order valence-corrected chi connectivity index (χ1v) is 36.0. The predicted octanol–water partition coefficient (Wildman–Crippen LogP) is 25.2. The number of para-hydroxylation sites is 4. The topological polar surface area (TPSA) is 127 Å². The van der Waals surface area contributed by atoms with Gasteiger partial charge in [-0.1, -0.05) is 249 Å². The second-order valence-corrected chi connectivity index (χ2v) is 27.9. The third-order valence-electron chi connectivity index (χ3n) is 22.2.